The van der Waals surface area contributed by atoms with Crippen molar-refractivity contribution in [1.82, 2.24) is 15.0 Å². The fourth-order valence-corrected chi connectivity index (χ4v) is 5.57. The Bertz CT molecular complexity index is 1220. The highest BCUT2D eigenvalue weighted by Crippen LogP contribution is 2.44. The number of aryl methyl sites for hydroxylation is 1. The molecule has 4 atom stereocenters. The maximum atomic E-state index is 14.3. The van der Waals surface area contributed by atoms with E-state index in [1.807, 2.05) is 6.92 Å². The number of hydrogen-bond acceptors (Lipinski definition) is 8. The molecule has 0 bridgehead atoms. The molecule has 0 amide bonds. The van der Waals surface area contributed by atoms with Crippen molar-refractivity contribution < 1.29 is 23.4 Å². The van der Waals surface area contributed by atoms with Crippen molar-refractivity contribution in [2.45, 2.75) is 43.9 Å². The van der Waals surface area contributed by atoms with Gasteiger partial charge in [0.15, 0.2) is 0 Å². The van der Waals surface area contributed by atoms with Gasteiger partial charge in [-0.3, -0.25) is 9.78 Å². The fraction of sp³-hybridized carbons (Fsp3) is 0.375. The molecule has 0 unspecified atom stereocenters. The van der Waals surface area contributed by atoms with E-state index in [-0.39, 0.29) is 23.4 Å². The van der Waals surface area contributed by atoms with Crippen LogP contribution in [0, 0.1) is 19.8 Å². The number of pyridine rings is 1. The molecule has 1 aliphatic heterocycles. The Hall–Kier alpha value is -2.82. The number of nitrogens with zero attached hydrogens (tertiary/aromatic N) is 3. The second-order valence-corrected chi connectivity index (χ2v) is 9.97. The number of carbonyl (C=O) groups excluding carboxylic acids is 1. The minimum Gasteiger partial charge on any atom is -0.393 e. The molecule has 3 aromatic rings. The Morgan fingerprint density at radius 2 is 2.15 bits per heavy atom. The number of ether oxygens (including phenoxy) is 1. The summed E-state index contributed by atoms with van der Waals surface area (Å²) in [4.78, 5) is 26.8. The molecule has 5 rings (SSSR count). The lowest BCUT2D eigenvalue weighted by molar-refractivity contribution is -0.119. The van der Waals surface area contributed by atoms with Crippen molar-refractivity contribution in [3.05, 3.63) is 76.0 Å². The lowest BCUT2D eigenvalue weighted by atomic mass is 9.95. The first-order valence-corrected chi connectivity index (χ1v) is 11.7. The summed E-state index contributed by atoms with van der Waals surface area (Å²) in [7, 11) is 0. The van der Waals surface area contributed by atoms with E-state index in [4.69, 9.17) is 4.74 Å². The highest BCUT2D eigenvalue weighted by molar-refractivity contribution is 7.14. The van der Waals surface area contributed by atoms with Gasteiger partial charge in [0.2, 0.25) is 5.78 Å². The topological polar surface area (TPSA) is 97.2 Å². The summed E-state index contributed by atoms with van der Waals surface area (Å²) in [5, 5.41) is 13.2. The van der Waals surface area contributed by atoms with Crippen molar-refractivity contribution >= 4 is 22.9 Å². The van der Waals surface area contributed by atoms with Gasteiger partial charge in [-0.2, -0.15) is 8.78 Å². The van der Waals surface area contributed by atoms with Crippen LogP contribution in [0.1, 0.15) is 55.9 Å². The number of thiophene rings is 1. The smallest absolute Gasteiger partial charge is 0.312 e. The third-order valence-electron chi connectivity index (χ3n) is 6.32. The summed E-state index contributed by atoms with van der Waals surface area (Å²) in [6.07, 6.45) is 4.10. The molecule has 3 aromatic heterocycles. The molecule has 34 heavy (non-hydrogen) atoms. The van der Waals surface area contributed by atoms with Gasteiger partial charge in [0.1, 0.15) is 30.5 Å². The van der Waals surface area contributed by atoms with E-state index >= 15 is 0 Å². The average molecular weight is 486 g/mol. The predicted octanol–water partition coefficient (Wildman–Crippen LogP) is 4.07. The molecule has 177 valence electrons. The second-order valence-electron chi connectivity index (χ2n) is 8.71. The number of hydrogen-bond donors (Lipinski definition) is 2. The monoisotopic (exact) mass is 485 g/mol. The molecule has 2 aliphatic rings. The van der Waals surface area contributed by atoms with Crippen LogP contribution in [0.3, 0.4) is 0 Å². The number of aliphatic hydroxyl groups excluding tert-OH is 1. The Morgan fingerprint density at radius 3 is 2.91 bits per heavy atom. The van der Waals surface area contributed by atoms with Gasteiger partial charge in [-0.25, -0.2) is 9.97 Å². The van der Waals surface area contributed by atoms with Gasteiger partial charge >= 0.3 is 5.92 Å². The maximum Gasteiger partial charge on any atom is 0.312 e. The summed E-state index contributed by atoms with van der Waals surface area (Å²) < 4.78 is 34.2. The minimum atomic E-state index is -3.17. The number of aromatic nitrogens is 3. The molecule has 0 spiro atoms. The van der Waals surface area contributed by atoms with E-state index in [1.165, 1.54) is 30.1 Å². The zero-order valence-electron chi connectivity index (χ0n) is 18.4. The molecule has 7 nitrogen and oxygen atoms in total. The van der Waals surface area contributed by atoms with E-state index < -0.39 is 24.7 Å². The highest BCUT2D eigenvalue weighted by Gasteiger charge is 2.44. The second kappa shape index (κ2) is 8.75. The van der Waals surface area contributed by atoms with Crippen LogP contribution >= 0.6 is 11.3 Å². The molecule has 10 heteroatoms. The molecule has 1 radical (unpaired) electrons. The van der Waals surface area contributed by atoms with Crippen molar-refractivity contribution in [3.8, 4) is 0 Å². The van der Waals surface area contributed by atoms with Gasteiger partial charge < -0.3 is 15.2 Å². The zero-order chi connectivity index (χ0) is 24.0. The van der Waals surface area contributed by atoms with Crippen LogP contribution < -0.4 is 5.32 Å². The van der Waals surface area contributed by atoms with Crippen LogP contribution in [0.4, 0.5) is 14.6 Å². The normalized spacial score (nSPS) is 25.7. The highest BCUT2D eigenvalue weighted by atomic mass is 32.1. The molecule has 0 aromatic carbocycles. The van der Waals surface area contributed by atoms with Crippen LogP contribution in [0.2, 0.25) is 0 Å². The fourth-order valence-electron chi connectivity index (χ4n) is 4.56. The summed E-state index contributed by atoms with van der Waals surface area (Å²) in [5.74, 6) is -3.14. The van der Waals surface area contributed by atoms with Gasteiger partial charge in [0.25, 0.3) is 0 Å². The predicted molar refractivity (Wildman–Crippen MR) is 122 cm³/mol. The quantitative estimate of drug-likeness (QED) is 0.526. The lowest BCUT2D eigenvalue weighted by Gasteiger charge is -2.30. The van der Waals surface area contributed by atoms with E-state index in [9.17, 15) is 18.7 Å². The largest absolute Gasteiger partial charge is 0.393 e. The lowest BCUT2D eigenvalue weighted by Crippen LogP contribution is -2.32. The average Bonchev–Trinajstić information content (AvgIpc) is 3.35. The summed E-state index contributed by atoms with van der Waals surface area (Å²) in [5.41, 5.74) is 0.959. The van der Waals surface area contributed by atoms with E-state index in [0.717, 1.165) is 4.88 Å². The zero-order valence-corrected chi connectivity index (χ0v) is 19.2. The Kier molecular flexibility index (Phi) is 5.91. The van der Waals surface area contributed by atoms with Crippen LogP contribution in [0.5, 0.6) is 0 Å². The molecule has 4 heterocycles. The Labute approximate surface area is 199 Å². The van der Waals surface area contributed by atoms with Crippen LogP contribution in [0.15, 0.2) is 36.9 Å². The summed E-state index contributed by atoms with van der Waals surface area (Å²) in [6, 6.07) is 4.81. The van der Waals surface area contributed by atoms with E-state index in [1.54, 1.807) is 18.2 Å². The molecule has 2 N–H and O–H groups in total. The Balaban J connectivity index is 1.44. The number of anilines is 1. The summed E-state index contributed by atoms with van der Waals surface area (Å²) >= 11 is 1.27. The molecular weight excluding hydrogens is 462 g/mol. The number of fused-ring (bicyclic) bond motifs is 1. The molecular formula is C24H23F2N4O3S. The van der Waals surface area contributed by atoms with Gasteiger partial charge in [-0.05, 0) is 50.3 Å². The number of halogens is 2. The number of carbonyl (C=O) groups is 1. The van der Waals surface area contributed by atoms with Gasteiger partial charge in [-0.15, -0.1) is 11.3 Å². The summed E-state index contributed by atoms with van der Waals surface area (Å²) in [6.45, 7) is 5.00. The Morgan fingerprint density at radius 1 is 1.32 bits per heavy atom. The molecule has 1 fully saturated rings. The van der Waals surface area contributed by atoms with Crippen LogP contribution in [0.25, 0.3) is 0 Å². The number of alkyl halides is 2. The third-order valence-corrected chi connectivity index (χ3v) is 7.38. The van der Waals surface area contributed by atoms with E-state index in [2.05, 4.69) is 27.2 Å². The van der Waals surface area contributed by atoms with Crippen LogP contribution in [-0.2, 0) is 10.7 Å². The van der Waals surface area contributed by atoms with Gasteiger partial charge in [0.05, 0.1) is 16.5 Å². The van der Waals surface area contributed by atoms with Crippen molar-refractivity contribution in [2.24, 2.45) is 5.92 Å². The van der Waals surface area contributed by atoms with Gasteiger partial charge in [0, 0.05) is 28.9 Å². The third kappa shape index (κ3) is 4.10. The van der Waals surface area contributed by atoms with Crippen molar-refractivity contribution in [2.75, 3.05) is 11.9 Å². The van der Waals surface area contributed by atoms with Gasteiger partial charge in [-0.1, -0.05) is 6.07 Å². The number of ketones is 1. The van der Waals surface area contributed by atoms with Crippen LogP contribution in [-0.4, -0.2) is 44.6 Å². The standard InChI is InChI=1S/C24H23F2N4O3S/c1-12-6-14(7-18(12)31)30-23-17(9-27-11-29-23)20(32)19-8-16(13(2)34-19)21-15-4-3-5-28-22(15)24(25,26)10-33-21/h3-5,8-9,11-12,14,18,21,31H,1,6-7,10H2,2H3,(H,27,29,30)/t12-,14-,18+,21-/m1/s1. The number of aliphatic hydroxyl groups is 1. The molecule has 0 saturated heterocycles. The minimum absolute atomic E-state index is 0.0547. The first-order valence-electron chi connectivity index (χ1n) is 10.9. The SMILES string of the molecule is [CH2][C@@H]1C[C@@H](Nc2ncncc2C(=O)c2cc([C@@H]3OCC(F)(F)c4ncccc43)c(C)s2)C[C@@H]1O. The number of nitrogens with one attached hydrogen (secondary N) is 1. The molecule has 1 aliphatic carbocycles. The first kappa shape index (κ1) is 22.9. The molecule has 1 saturated carbocycles. The van der Waals surface area contributed by atoms with E-state index in [0.29, 0.717) is 40.2 Å². The number of rotatable bonds is 5. The van der Waals surface area contributed by atoms with Crippen molar-refractivity contribution in [3.63, 3.8) is 0 Å². The first-order chi connectivity index (χ1) is 16.2. The maximum absolute atomic E-state index is 14.3. The van der Waals surface area contributed by atoms with Crippen molar-refractivity contribution in [1.29, 1.82) is 0 Å².